The molecule has 6 nitrogen and oxygen atoms in total. The number of nitrogens with one attached hydrogen (secondary N) is 2. The minimum atomic E-state index is -0.0945. The Morgan fingerprint density at radius 1 is 1.03 bits per heavy atom. The van der Waals surface area contributed by atoms with Crippen molar-refractivity contribution < 1.29 is 14.3 Å². The van der Waals surface area contributed by atoms with Gasteiger partial charge in [0, 0.05) is 51.1 Å². The molecule has 1 aromatic carbocycles. The number of anilines is 2. The molecule has 1 aliphatic rings. The van der Waals surface area contributed by atoms with E-state index in [-0.39, 0.29) is 11.8 Å². The number of piperidine rings is 1. The number of ether oxygens (including phenoxy) is 1. The minimum absolute atomic E-state index is 0.0227. The summed E-state index contributed by atoms with van der Waals surface area (Å²) in [5.74, 6) is 0.648. The summed E-state index contributed by atoms with van der Waals surface area (Å²) >= 11 is 0. The van der Waals surface area contributed by atoms with Crippen LogP contribution in [0.5, 0.6) is 0 Å². The van der Waals surface area contributed by atoms with Crippen LogP contribution < -0.4 is 15.5 Å². The number of carbonyl (C=O) groups excluding carboxylic acids is 2. The molecule has 2 rings (SSSR count). The lowest BCUT2D eigenvalue weighted by molar-refractivity contribution is -0.116. The molecule has 2 N–H and O–H groups in total. The maximum Gasteiger partial charge on any atom is 0.253 e. The van der Waals surface area contributed by atoms with Crippen LogP contribution in [-0.4, -0.2) is 45.2 Å². The van der Waals surface area contributed by atoms with Crippen molar-refractivity contribution in [2.24, 2.45) is 5.92 Å². The van der Waals surface area contributed by atoms with E-state index in [2.05, 4.69) is 29.4 Å². The Morgan fingerprint density at radius 3 is 2.42 bits per heavy atom. The third kappa shape index (κ3) is 10.2. The normalized spacial score (nSPS) is 14.3. The van der Waals surface area contributed by atoms with Gasteiger partial charge in [0.2, 0.25) is 5.91 Å². The molecule has 2 amide bonds. The van der Waals surface area contributed by atoms with E-state index < -0.39 is 0 Å². The number of hydrogen-bond donors (Lipinski definition) is 2. The van der Waals surface area contributed by atoms with E-state index in [1.54, 1.807) is 7.11 Å². The van der Waals surface area contributed by atoms with Gasteiger partial charge in [0.15, 0.2) is 0 Å². The Balaban J connectivity index is 1.96. The highest BCUT2D eigenvalue weighted by molar-refractivity contribution is 6.02. The average Bonchev–Trinajstić information content (AvgIpc) is 2.82. The quantitative estimate of drug-likeness (QED) is 0.327. The summed E-state index contributed by atoms with van der Waals surface area (Å²) in [5.41, 5.74) is 2.28. The molecule has 186 valence electrons. The van der Waals surface area contributed by atoms with Crippen molar-refractivity contribution in [1.82, 2.24) is 5.32 Å². The molecule has 0 atom stereocenters. The highest BCUT2D eigenvalue weighted by atomic mass is 16.5. The van der Waals surface area contributed by atoms with Crippen LogP contribution in [0.25, 0.3) is 0 Å². The standard InChI is InChI=1S/C27H45N3O3/c1-4-5-6-7-8-9-10-12-26(31)29-23-13-14-25(30-18-15-22(2)16-19-30)24(21-23)27(32)28-17-11-20-33-3/h13-14,21-22H,4-12,15-20H2,1-3H3,(H,28,32)(H,29,31). The lowest BCUT2D eigenvalue weighted by Gasteiger charge is -2.33. The molecule has 0 aliphatic carbocycles. The van der Waals surface area contributed by atoms with Gasteiger partial charge in [-0.2, -0.15) is 0 Å². The third-order valence-electron chi connectivity index (χ3n) is 6.47. The van der Waals surface area contributed by atoms with Crippen molar-refractivity contribution in [3.8, 4) is 0 Å². The molecule has 1 saturated heterocycles. The number of rotatable bonds is 15. The van der Waals surface area contributed by atoms with E-state index in [9.17, 15) is 9.59 Å². The van der Waals surface area contributed by atoms with Gasteiger partial charge in [-0.25, -0.2) is 0 Å². The number of benzene rings is 1. The van der Waals surface area contributed by atoms with Crippen LogP contribution in [0.4, 0.5) is 11.4 Å². The van der Waals surface area contributed by atoms with Crippen molar-refractivity contribution >= 4 is 23.2 Å². The van der Waals surface area contributed by atoms with Gasteiger partial charge in [-0.15, -0.1) is 0 Å². The van der Waals surface area contributed by atoms with Crippen LogP contribution in [-0.2, 0) is 9.53 Å². The highest BCUT2D eigenvalue weighted by Crippen LogP contribution is 2.29. The van der Waals surface area contributed by atoms with E-state index in [1.165, 1.54) is 32.1 Å². The number of carbonyl (C=O) groups is 2. The second-order valence-corrected chi connectivity index (χ2v) is 9.42. The molecule has 0 bridgehead atoms. The van der Waals surface area contributed by atoms with Crippen molar-refractivity contribution in [3.63, 3.8) is 0 Å². The summed E-state index contributed by atoms with van der Waals surface area (Å²) in [5, 5.41) is 6.01. The summed E-state index contributed by atoms with van der Waals surface area (Å²) < 4.78 is 5.08. The summed E-state index contributed by atoms with van der Waals surface area (Å²) in [6.07, 6.45) is 11.9. The molecule has 1 aromatic rings. The molecule has 1 heterocycles. The van der Waals surface area contributed by atoms with E-state index in [1.807, 2.05) is 18.2 Å². The van der Waals surface area contributed by atoms with E-state index in [0.717, 1.165) is 56.8 Å². The first-order valence-corrected chi connectivity index (χ1v) is 13.0. The van der Waals surface area contributed by atoms with Gasteiger partial charge < -0.3 is 20.3 Å². The Labute approximate surface area is 200 Å². The minimum Gasteiger partial charge on any atom is -0.385 e. The van der Waals surface area contributed by atoms with Crippen LogP contribution in [0.2, 0.25) is 0 Å². The van der Waals surface area contributed by atoms with Crippen molar-refractivity contribution in [2.45, 2.75) is 84.5 Å². The van der Waals surface area contributed by atoms with Crippen LogP contribution in [0.3, 0.4) is 0 Å². The van der Waals surface area contributed by atoms with Crippen molar-refractivity contribution in [1.29, 1.82) is 0 Å². The van der Waals surface area contributed by atoms with Crippen molar-refractivity contribution in [3.05, 3.63) is 23.8 Å². The van der Waals surface area contributed by atoms with Gasteiger partial charge in [0.25, 0.3) is 5.91 Å². The van der Waals surface area contributed by atoms with Gasteiger partial charge in [-0.05, 0) is 49.8 Å². The fourth-order valence-electron chi connectivity index (χ4n) is 4.30. The topological polar surface area (TPSA) is 70.7 Å². The Kier molecular flexibility index (Phi) is 12.9. The predicted molar refractivity (Wildman–Crippen MR) is 137 cm³/mol. The van der Waals surface area contributed by atoms with Gasteiger partial charge in [0.05, 0.1) is 5.56 Å². The maximum atomic E-state index is 13.0. The monoisotopic (exact) mass is 459 g/mol. The Hall–Kier alpha value is -2.08. The first kappa shape index (κ1) is 27.2. The van der Waals surface area contributed by atoms with Crippen LogP contribution in [0.1, 0.15) is 94.8 Å². The first-order chi connectivity index (χ1) is 16.0. The molecular weight excluding hydrogens is 414 g/mol. The van der Waals surface area contributed by atoms with E-state index in [0.29, 0.717) is 30.8 Å². The highest BCUT2D eigenvalue weighted by Gasteiger charge is 2.21. The lowest BCUT2D eigenvalue weighted by atomic mass is 9.97. The zero-order valence-electron chi connectivity index (χ0n) is 21.1. The fraction of sp³-hybridized carbons (Fsp3) is 0.704. The number of hydrogen-bond acceptors (Lipinski definition) is 4. The molecule has 0 radical (unpaired) electrons. The van der Waals surface area contributed by atoms with Gasteiger partial charge >= 0.3 is 0 Å². The van der Waals surface area contributed by atoms with Crippen LogP contribution >= 0.6 is 0 Å². The van der Waals surface area contributed by atoms with Gasteiger partial charge in [-0.3, -0.25) is 9.59 Å². The average molecular weight is 460 g/mol. The molecule has 33 heavy (non-hydrogen) atoms. The maximum absolute atomic E-state index is 13.0. The molecular formula is C27H45N3O3. The molecule has 0 unspecified atom stereocenters. The second kappa shape index (κ2) is 15.7. The molecule has 0 saturated carbocycles. The molecule has 1 fully saturated rings. The van der Waals surface area contributed by atoms with Gasteiger partial charge in [0.1, 0.15) is 0 Å². The fourth-order valence-corrected chi connectivity index (χ4v) is 4.30. The molecule has 1 aliphatic heterocycles. The summed E-state index contributed by atoms with van der Waals surface area (Å²) in [6, 6.07) is 5.75. The number of nitrogens with zero attached hydrogens (tertiary/aromatic N) is 1. The Morgan fingerprint density at radius 2 is 1.73 bits per heavy atom. The third-order valence-corrected chi connectivity index (χ3v) is 6.47. The van der Waals surface area contributed by atoms with Crippen LogP contribution in [0.15, 0.2) is 18.2 Å². The zero-order chi connectivity index (χ0) is 23.9. The number of methoxy groups -OCH3 is 1. The largest absolute Gasteiger partial charge is 0.385 e. The SMILES string of the molecule is CCCCCCCCCC(=O)Nc1ccc(N2CCC(C)CC2)c(C(=O)NCCCOC)c1. The molecule has 0 spiro atoms. The Bertz CT molecular complexity index is 715. The molecule has 6 heteroatoms. The second-order valence-electron chi connectivity index (χ2n) is 9.42. The van der Waals surface area contributed by atoms with Crippen molar-refractivity contribution in [2.75, 3.05) is 43.6 Å². The molecule has 0 aromatic heterocycles. The first-order valence-electron chi connectivity index (χ1n) is 13.0. The number of amides is 2. The zero-order valence-corrected chi connectivity index (χ0v) is 21.1. The smallest absolute Gasteiger partial charge is 0.253 e. The van der Waals surface area contributed by atoms with Crippen LogP contribution in [0, 0.1) is 5.92 Å². The van der Waals surface area contributed by atoms with E-state index >= 15 is 0 Å². The number of unbranched alkanes of at least 4 members (excludes halogenated alkanes) is 6. The van der Waals surface area contributed by atoms with E-state index in [4.69, 9.17) is 4.74 Å². The predicted octanol–water partition coefficient (Wildman–Crippen LogP) is 5.77. The lowest BCUT2D eigenvalue weighted by Crippen LogP contribution is -2.35. The summed E-state index contributed by atoms with van der Waals surface area (Å²) in [7, 11) is 1.66. The summed E-state index contributed by atoms with van der Waals surface area (Å²) in [6.45, 7) is 7.60. The summed E-state index contributed by atoms with van der Waals surface area (Å²) in [4.78, 5) is 27.8. The van der Waals surface area contributed by atoms with Gasteiger partial charge in [-0.1, -0.05) is 52.4 Å².